The topological polar surface area (TPSA) is 73.6 Å². The Balaban J connectivity index is 1.60. The number of oxazole rings is 1. The number of rotatable bonds is 3. The summed E-state index contributed by atoms with van der Waals surface area (Å²) >= 11 is 5.90. The summed E-state index contributed by atoms with van der Waals surface area (Å²) in [6, 6.07) is 10.4. The predicted octanol–water partition coefficient (Wildman–Crippen LogP) is 2.98. The molecule has 1 unspecified atom stereocenters. The van der Waals surface area contributed by atoms with Crippen molar-refractivity contribution in [2.75, 3.05) is 0 Å². The van der Waals surface area contributed by atoms with E-state index in [1.165, 1.54) is 0 Å². The van der Waals surface area contributed by atoms with Crippen LogP contribution in [-0.4, -0.2) is 9.19 Å². The number of nitrogens with one attached hydrogen (secondary N) is 1. The Bertz CT molecular complexity index is 896. The van der Waals surface area contributed by atoms with Gasteiger partial charge in [0.2, 0.25) is 0 Å². The van der Waals surface area contributed by atoms with Gasteiger partial charge in [-0.15, -0.1) is 0 Å². The van der Waals surface area contributed by atoms with Gasteiger partial charge in [-0.1, -0.05) is 17.7 Å². The van der Waals surface area contributed by atoms with Gasteiger partial charge in [-0.3, -0.25) is 0 Å². The normalized spacial score (nSPS) is 14.4. The molecule has 0 radical (unpaired) electrons. The first-order valence-electron chi connectivity index (χ1n) is 6.35. The fourth-order valence-electron chi connectivity index (χ4n) is 2.10. The first kappa shape index (κ1) is 13.6. The van der Waals surface area contributed by atoms with E-state index in [0.29, 0.717) is 27.6 Å². The SMILES string of the molecule is O=S(Cc1ccc2c(c1)ONO2)c1nc2ccc(Cl)cc2o1. The maximum absolute atomic E-state index is 12.4. The maximum Gasteiger partial charge on any atom is 0.288 e. The highest BCUT2D eigenvalue weighted by atomic mass is 35.5. The van der Waals surface area contributed by atoms with Crippen LogP contribution < -0.4 is 15.3 Å². The van der Waals surface area contributed by atoms with Gasteiger partial charge in [0.25, 0.3) is 5.22 Å². The fourth-order valence-corrected chi connectivity index (χ4v) is 3.26. The van der Waals surface area contributed by atoms with Crippen molar-refractivity contribution in [3.8, 4) is 11.5 Å². The summed E-state index contributed by atoms with van der Waals surface area (Å²) in [6.45, 7) is 0. The minimum Gasteiger partial charge on any atom is -0.430 e. The molecule has 0 saturated carbocycles. The molecule has 2 heterocycles. The number of fused-ring (bicyclic) bond motifs is 2. The zero-order chi connectivity index (χ0) is 15.1. The van der Waals surface area contributed by atoms with Crippen LogP contribution in [0.25, 0.3) is 11.1 Å². The van der Waals surface area contributed by atoms with Crippen LogP contribution in [-0.2, 0) is 16.6 Å². The molecule has 3 aromatic rings. The zero-order valence-electron chi connectivity index (χ0n) is 11.0. The number of halogens is 1. The fraction of sp³-hybridized carbons (Fsp3) is 0.0714. The van der Waals surface area contributed by atoms with E-state index >= 15 is 0 Å². The highest BCUT2D eigenvalue weighted by Gasteiger charge is 2.17. The lowest BCUT2D eigenvalue weighted by Crippen LogP contribution is -2.14. The molecular formula is C14H9ClN2O4S. The minimum atomic E-state index is -1.41. The molecule has 4 rings (SSSR count). The molecule has 0 aliphatic carbocycles. The van der Waals surface area contributed by atoms with Crippen molar-refractivity contribution in [2.24, 2.45) is 0 Å². The van der Waals surface area contributed by atoms with Crippen molar-refractivity contribution in [3.05, 3.63) is 47.0 Å². The lowest BCUT2D eigenvalue weighted by Gasteiger charge is -2.00. The number of benzene rings is 2. The van der Waals surface area contributed by atoms with Gasteiger partial charge >= 0.3 is 0 Å². The highest BCUT2D eigenvalue weighted by molar-refractivity contribution is 7.84. The quantitative estimate of drug-likeness (QED) is 0.792. The number of hydrogen-bond donors (Lipinski definition) is 1. The second-order valence-corrected chi connectivity index (χ2v) is 6.42. The first-order chi connectivity index (χ1) is 10.7. The van der Waals surface area contributed by atoms with Crippen LogP contribution in [0.2, 0.25) is 5.02 Å². The summed E-state index contributed by atoms with van der Waals surface area (Å²) in [4.78, 5) is 14.3. The zero-order valence-corrected chi connectivity index (χ0v) is 12.6. The number of aromatic nitrogens is 1. The van der Waals surface area contributed by atoms with E-state index in [1.54, 1.807) is 30.3 Å². The molecule has 2 aromatic carbocycles. The molecule has 0 saturated heterocycles. The van der Waals surface area contributed by atoms with E-state index < -0.39 is 10.8 Å². The van der Waals surface area contributed by atoms with Gasteiger partial charge < -0.3 is 14.1 Å². The average Bonchev–Trinajstić information content (AvgIpc) is 3.12. The Hall–Kier alpha value is -2.09. The third-order valence-electron chi connectivity index (χ3n) is 3.13. The van der Waals surface area contributed by atoms with Crippen LogP contribution in [0.3, 0.4) is 0 Å². The molecule has 1 atom stereocenters. The lowest BCUT2D eigenvalue weighted by molar-refractivity contribution is 0.0259. The van der Waals surface area contributed by atoms with Crippen LogP contribution in [0.1, 0.15) is 5.56 Å². The molecule has 0 spiro atoms. The van der Waals surface area contributed by atoms with E-state index in [-0.39, 0.29) is 11.0 Å². The summed E-state index contributed by atoms with van der Waals surface area (Å²) in [6.07, 6.45) is 0. The lowest BCUT2D eigenvalue weighted by atomic mass is 10.2. The molecule has 1 aliphatic rings. The van der Waals surface area contributed by atoms with Crippen molar-refractivity contribution in [1.29, 1.82) is 0 Å². The molecule has 22 heavy (non-hydrogen) atoms. The predicted molar refractivity (Wildman–Crippen MR) is 80.0 cm³/mol. The minimum absolute atomic E-state index is 0.174. The summed E-state index contributed by atoms with van der Waals surface area (Å²) in [5.41, 5.74) is 4.27. The van der Waals surface area contributed by atoms with Gasteiger partial charge in [-0.05, 0) is 29.8 Å². The third kappa shape index (κ3) is 2.43. The monoisotopic (exact) mass is 336 g/mol. The third-order valence-corrected chi connectivity index (χ3v) is 4.53. The van der Waals surface area contributed by atoms with Gasteiger partial charge in [0, 0.05) is 16.7 Å². The molecule has 8 heteroatoms. The average molecular weight is 337 g/mol. The number of nitrogens with zero attached hydrogens (tertiary/aromatic N) is 1. The molecule has 6 nitrogen and oxygen atoms in total. The Labute approximate surface area is 132 Å². The molecule has 1 aliphatic heterocycles. The van der Waals surface area contributed by atoms with Crippen molar-refractivity contribution in [1.82, 2.24) is 10.6 Å². The van der Waals surface area contributed by atoms with E-state index in [2.05, 4.69) is 10.6 Å². The van der Waals surface area contributed by atoms with Gasteiger partial charge in [-0.2, -0.15) is 0 Å². The van der Waals surface area contributed by atoms with Crippen molar-refractivity contribution < 1.29 is 18.3 Å². The van der Waals surface area contributed by atoms with Gasteiger partial charge in [0.05, 0.1) is 5.75 Å². The van der Waals surface area contributed by atoms with E-state index in [4.69, 9.17) is 25.7 Å². The molecule has 0 fully saturated rings. The summed E-state index contributed by atoms with van der Waals surface area (Å²) in [5, 5.41) is 0.720. The summed E-state index contributed by atoms with van der Waals surface area (Å²) in [7, 11) is -1.41. The van der Waals surface area contributed by atoms with Crippen LogP contribution >= 0.6 is 11.6 Å². The Kier molecular flexibility index (Phi) is 3.25. The smallest absolute Gasteiger partial charge is 0.288 e. The molecule has 1 aromatic heterocycles. The van der Waals surface area contributed by atoms with Crippen LogP contribution in [0.5, 0.6) is 11.5 Å². The standard InChI is InChI=1S/C14H9ClN2O4S/c15-9-2-3-10-12(6-9)19-14(16-10)22(18)7-8-1-4-11-13(5-8)21-17-20-11/h1-6,17H,7H2. The number of hydrogen-bond acceptors (Lipinski definition) is 6. The van der Waals surface area contributed by atoms with Crippen LogP contribution in [0.15, 0.2) is 46.0 Å². The Morgan fingerprint density at radius 1 is 1.14 bits per heavy atom. The first-order valence-corrected chi connectivity index (χ1v) is 8.05. The molecule has 1 N–H and O–H groups in total. The van der Waals surface area contributed by atoms with Crippen LogP contribution in [0, 0.1) is 0 Å². The second kappa shape index (κ2) is 5.28. The second-order valence-electron chi connectivity index (χ2n) is 4.65. The van der Waals surface area contributed by atoms with E-state index in [9.17, 15) is 4.21 Å². The van der Waals surface area contributed by atoms with Crippen LogP contribution in [0.4, 0.5) is 0 Å². The highest BCUT2D eigenvalue weighted by Crippen LogP contribution is 2.31. The van der Waals surface area contributed by atoms with Gasteiger partial charge in [0.1, 0.15) is 16.3 Å². The molecule has 112 valence electrons. The van der Waals surface area contributed by atoms with Gasteiger partial charge in [0.15, 0.2) is 17.1 Å². The van der Waals surface area contributed by atoms with Crippen molar-refractivity contribution in [3.63, 3.8) is 0 Å². The largest absolute Gasteiger partial charge is 0.430 e. The Morgan fingerprint density at radius 2 is 2.00 bits per heavy atom. The molecule has 0 bridgehead atoms. The maximum atomic E-state index is 12.4. The Morgan fingerprint density at radius 3 is 2.91 bits per heavy atom. The summed E-state index contributed by atoms with van der Waals surface area (Å²) < 4.78 is 17.9. The van der Waals surface area contributed by atoms with Crippen molar-refractivity contribution in [2.45, 2.75) is 11.0 Å². The van der Waals surface area contributed by atoms with E-state index in [1.807, 2.05) is 6.07 Å². The molecule has 0 amide bonds. The van der Waals surface area contributed by atoms with Gasteiger partial charge in [-0.25, -0.2) is 9.19 Å². The summed E-state index contributed by atoms with van der Waals surface area (Å²) in [5.74, 6) is 1.40. The molecular weight excluding hydrogens is 328 g/mol. The van der Waals surface area contributed by atoms with E-state index in [0.717, 1.165) is 5.56 Å². The van der Waals surface area contributed by atoms with Crippen molar-refractivity contribution >= 4 is 33.5 Å².